The topological polar surface area (TPSA) is 49.0 Å². The van der Waals surface area contributed by atoms with Gasteiger partial charge in [0.25, 0.3) is 5.56 Å². The Hall–Kier alpha value is -1.29. The molecule has 5 heteroatoms. The first-order valence-corrected chi connectivity index (χ1v) is 4.49. The number of hydrogen-bond donors (Lipinski definition) is 1. The maximum absolute atomic E-state index is 11.2. The molecule has 1 rings (SSSR count). The van der Waals surface area contributed by atoms with Gasteiger partial charge in [-0.3, -0.25) is 4.79 Å². The highest BCUT2D eigenvalue weighted by Crippen LogP contribution is 2.16. The van der Waals surface area contributed by atoms with Crippen LogP contribution >= 0.6 is 11.6 Å². The van der Waals surface area contributed by atoms with Crippen LogP contribution in [0.25, 0.3) is 0 Å². The van der Waals surface area contributed by atoms with Gasteiger partial charge in [-0.1, -0.05) is 23.8 Å². The molecule has 1 aromatic heterocycles. The first-order valence-electron chi connectivity index (χ1n) is 4.11. The van der Waals surface area contributed by atoms with E-state index in [1.807, 2.05) is 14.0 Å². The van der Waals surface area contributed by atoms with Crippen molar-refractivity contribution in [1.82, 2.24) is 9.97 Å². The van der Waals surface area contributed by atoms with E-state index in [0.717, 1.165) is 5.57 Å². The van der Waals surface area contributed by atoms with E-state index in [0.29, 0.717) is 12.4 Å². The fourth-order valence-corrected chi connectivity index (χ4v) is 1.37. The lowest BCUT2D eigenvalue weighted by molar-refractivity contribution is 0.937. The van der Waals surface area contributed by atoms with Crippen molar-refractivity contribution in [3.63, 3.8) is 0 Å². The molecule has 0 aliphatic carbocycles. The van der Waals surface area contributed by atoms with E-state index in [-0.39, 0.29) is 10.6 Å². The quantitative estimate of drug-likeness (QED) is 0.773. The maximum atomic E-state index is 11.2. The summed E-state index contributed by atoms with van der Waals surface area (Å²) in [5, 5.41) is 0.108. The largest absolute Gasteiger partial charge is 0.354 e. The van der Waals surface area contributed by atoms with Crippen molar-refractivity contribution in [2.24, 2.45) is 0 Å². The molecule has 4 nitrogen and oxygen atoms in total. The van der Waals surface area contributed by atoms with Crippen LogP contribution in [0.4, 0.5) is 5.82 Å². The first-order chi connectivity index (χ1) is 6.52. The summed E-state index contributed by atoms with van der Waals surface area (Å²) in [5.41, 5.74) is 0.649. The van der Waals surface area contributed by atoms with Crippen molar-refractivity contribution in [2.75, 3.05) is 18.5 Å². The second-order valence-electron chi connectivity index (χ2n) is 3.18. The molecule has 0 saturated heterocycles. The number of likely N-dealkylation sites (N-methyl/N-ethyl adjacent to an activating group) is 1. The number of nitrogens with zero attached hydrogens (tertiary/aromatic N) is 2. The van der Waals surface area contributed by atoms with E-state index < -0.39 is 0 Å². The molecule has 0 atom stereocenters. The second kappa shape index (κ2) is 4.28. The van der Waals surface area contributed by atoms with Gasteiger partial charge in [0.1, 0.15) is 5.02 Å². The van der Waals surface area contributed by atoms with Gasteiger partial charge in [0, 0.05) is 13.6 Å². The number of rotatable bonds is 3. The lowest BCUT2D eigenvalue weighted by atomic mass is 10.3. The Balaban J connectivity index is 3.01. The molecule has 0 radical (unpaired) electrons. The summed E-state index contributed by atoms with van der Waals surface area (Å²) in [7, 11) is 1.81. The van der Waals surface area contributed by atoms with E-state index in [9.17, 15) is 4.79 Å². The summed E-state index contributed by atoms with van der Waals surface area (Å²) in [6.45, 7) is 6.30. The van der Waals surface area contributed by atoms with Crippen molar-refractivity contribution in [3.8, 4) is 0 Å². The number of halogens is 1. The predicted molar refractivity (Wildman–Crippen MR) is 58.0 cm³/mol. The van der Waals surface area contributed by atoms with Crippen LogP contribution in [-0.4, -0.2) is 23.6 Å². The normalized spacial score (nSPS) is 9.93. The maximum Gasteiger partial charge on any atom is 0.271 e. The van der Waals surface area contributed by atoms with Gasteiger partial charge in [0.05, 0.1) is 6.33 Å². The van der Waals surface area contributed by atoms with Crippen LogP contribution in [0.2, 0.25) is 5.02 Å². The molecule has 14 heavy (non-hydrogen) atoms. The monoisotopic (exact) mass is 213 g/mol. The molecule has 0 bridgehead atoms. The van der Waals surface area contributed by atoms with Gasteiger partial charge in [-0.2, -0.15) is 0 Å². The Morgan fingerprint density at radius 1 is 1.79 bits per heavy atom. The number of nitrogens with one attached hydrogen (secondary N) is 1. The Morgan fingerprint density at radius 2 is 2.43 bits per heavy atom. The van der Waals surface area contributed by atoms with E-state index in [1.54, 1.807) is 4.90 Å². The van der Waals surface area contributed by atoms with Gasteiger partial charge in [0.2, 0.25) is 0 Å². The number of H-pyrrole nitrogens is 1. The van der Waals surface area contributed by atoms with Crippen molar-refractivity contribution < 1.29 is 0 Å². The molecule has 0 aliphatic rings. The average Bonchev–Trinajstić information content (AvgIpc) is 2.08. The van der Waals surface area contributed by atoms with E-state index in [1.165, 1.54) is 6.33 Å². The van der Waals surface area contributed by atoms with Crippen LogP contribution in [0.5, 0.6) is 0 Å². The third-order valence-electron chi connectivity index (χ3n) is 1.65. The molecule has 1 heterocycles. The van der Waals surface area contributed by atoms with E-state index >= 15 is 0 Å². The lowest BCUT2D eigenvalue weighted by Crippen LogP contribution is -2.23. The van der Waals surface area contributed by atoms with Gasteiger partial charge < -0.3 is 9.88 Å². The Bertz CT molecular complexity index is 399. The summed E-state index contributed by atoms with van der Waals surface area (Å²) < 4.78 is 0. The summed E-state index contributed by atoms with van der Waals surface area (Å²) in [4.78, 5) is 19.3. The molecule has 0 saturated carbocycles. The van der Waals surface area contributed by atoms with E-state index in [4.69, 9.17) is 11.6 Å². The van der Waals surface area contributed by atoms with Crippen molar-refractivity contribution in [1.29, 1.82) is 0 Å². The van der Waals surface area contributed by atoms with Gasteiger partial charge in [-0.15, -0.1) is 0 Å². The van der Waals surface area contributed by atoms with Gasteiger partial charge in [0.15, 0.2) is 5.82 Å². The van der Waals surface area contributed by atoms with Gasteiger partial charge in [-0.25, -0.2) is 4.98 Å². The molecule has 0 fully saturated rings. The van der Waals surface area contributed by atoms with Crippen LogP contribution in [0.3, 0.4) is 0 Å². The summed E-state index contributed by atoms with van der Waals surface area (Å²) >= 11 is 5.79. The smallest absolute Gasteiger partial charge is 0.271 e. The van der Waals surface area contributed by atoms with Crippen molar-refractivity contribution >= 4 is 17.4 Å². The molecule has 0 amide bonds. The van der Waals surface area contributed by atoms with Crippen LogP contribution in [0.15, 0.2) is 23.3 Å². The molecule has 0 aromatic carbocycles. The minimum Gasteiger partial charge on any atom is -0.354 e. The van der Waals surface area contributed by atoms with Gasteiger partial charge >= 0.3 is 0 Å². The fraction of sp³-hybridized carbons (Fsp3) is 0.333. The molecule has 0 aliphatic heterocycles. The molecular formula is C9H12ClN3O. The highest BCUT2D eigenvalue weighted by atomic mass is 35.5. The van der Waals surface area contributed by atoms with Crippen molar-refractivity contribution in [2.45, 2.75) is 6.92 Å². The van der Waals surface area contributed by atoms with Crippen LogP contribution in [0, 0.1) is 0 Å². The Kier molecular flexibility index (Phi) is 3.30. The Morgan fingerprint density at radius 3 is 3.00 bits per heavy atom. The third-order valence-corrected chi connectivity index (χ3v) is 1.99. The highest BCUT2D eigenvalue weighted by Gasteiger charge is 2.09. The summed E-state index contributed by atoms with van der Waals surface area (Å²) in [6.07, 6.45) is 1.33. The zero-order valence-corrected chi connectivity index (χ0v) is 8.93. The Labute approximate surface area is 87.2 Å². The third kappa shape index (κ3) is 2.35. The molecular weight excluding hydrogens is 202 g/mol. The predicted octanol–water partition coefficient (Wildman–Crippen LogP) is 1.44. The molecule has 0 unspecified atom stereocenters. The molecule has 1 N–H and O–H groups in total. The number of hydrogen-bond acceptors (Lipinski definition) is 3. The minimum absolute atomic E-state index is 0.108. The SMILES string of the molecule is C=C(C)CN(C)c1nc[nH]c(=O)c1Cl. The number of anilines is 1. The molecule has 76 valence electrons. The van der Waals surface area contributed by atoms with Crippen LogP contribution in [0.1, 0.15) is 6.92 Å². The van der Waals surface area contributed by atoms with E-state index in [2.05, 4.69) is 16.5 Å². The average molecular weight is 214 g/mol. The number of aromatic nitrogens is 2. The lowest BCUT2D eigenvalue weighted by Gasteiger charge is -2.18. The standard InChI is InChI=1S/C9H12ClN3O/c1-6(2)4-13(3)8-7(10)9(14)12-5-11-8/h5H,1,4H2,2-3H3,(H,11,12,14). The van der Waals surface area contributed by atoms with Crippen molar-refractivity contribution in [3.05, 3.63) is 33.9 Å². The summed E-state index contributed by atoms with van der Waals surface area (Å²) in [6, 6.07) is 0. The number of aromatic amines is 1. The highest BCUT2D eigenvalue weighted by molar-refractivity contribution is 6.32. The molecule has 1 aromatic rings. The zero-order valence-electron chi connectivity index (χ0n) is 8.17. The van der Waals surface area contributed by atoms with Crippen LogP contribution in [-0.2, 0) is 0 Å². The molecule has 0 spiro atoms. The van der Waals surface area contributed by atoms with Crippen LogP contribution < -0.4 is 10.5 Å². The summed E-state index contributed by atoms with van der Waals surface area (Å²) in [5.74, 6) is 0.471. The fourth-order valence-electron chi connectivity index (χ4n) is 1.12. The minimum atomic E-state index is -0.328. The van der Waals surface area contributed by atoms with Gasteiger partial charge in [-0.05, 0) is 6.92 Å². The first kappa shape index (κ1) is 10.8. The zero-order chi connectivity index (χ0) is 10.7. The second-order valence-corrected chi connectivity index (χ2v) is 3.56.